The Labute approximate surface area is 207 Å². The molecule has 7 heteroatoms. The number of aromatic amines is 1. The molecule has 1 saturated heterocycles. The highest BCUT2D eigenvalue weighted by molar-refractivity contribution is 5.92. The topological polar surface area (TPSA) is 70.6 Å². The summed E-state index contributed by atoms with van der Waals surface area (Å²) in [6.45, 7) is 8.48. The SMILES string of the molecule is COc1cc(-c2[nH]c3ccc(C4CCN(C(=O)CN(C)C)CC4)cc3c2C(C)C)c(C)n(C)c1=O. The van der Waals surface area contributed by atoms with Crippen molar-refractivity contribution in [2.45, 2.75) is 45.4 Å². The summed E-state index contributed by atoms with van der Waals surface area (Å²) in [6, 6.07) is 8.60. The molecule has 0 saturated carbocycles. The number of carbonyl (C=O) groups excluding carboxylic acids is 1. The lowest BCUT2D eigenvalue weighted by molar-refractivity contribution is -0.132. The fourth-order valence-corrected chi connectivity index (χ4v) is 5.32. The van der Waals surface area contributed by atoms with Gasteiger partial charge < -0.3 is 24.1 Å². The van der Waals surface area contributed by atoms with Crippen LogP contribution in [-0.2, 0) is 11.8 Å². The second-order valence-corrected chi connectivity index (χ2v) is 10.3. The number of hydrogen-bond acceptors (Lipinski definition) is 4. The number of hydrogen-bond donors (Lipinski definition) is 1. The van der Waals surface area contributed by atoms with Crippen LogP contribution in [0.4, 0.5) is 0 Å². The van der Waals surface area contributed by atoms with Crippen LogP contribution in [0.15, 0.2) is 29.1 Å². The van der Waals surface area contributed by atoms with Crippen LogP contribution in [0.1, 0.15) is 55.3 Å². The summed E-state index contributed by atoms with van der Waals surface area (Å²) in [6.07, 6.45) is 1.96. The van der Waals surface area contributed by atoms with Crippen molar-refractivity contribution in [1.29, 1.82) is 0 Å². The Morgan fingerprint density at radius 3 is 2.49 bits per heavy atom. The summed E-state index contributed by atoms with van der Waals surface area (Å²) in [5.41, 5.74) is 6.48. The molecule has 0 bridgehead atoms. The predicted molar refractivity (Wildman–Crippen MR) is 141 cm³/mol. The standard InChI is InChI=1S/C28H38N4O3/c1-17(2)26-22-14-20(19-10-12-32(13-11-19)25(33)16-30(4)5)8-9-23(22)29-27(26)21-15-24(35-7)28(34)31(6)18(21)3/h8-9,14-15,17,19,29H,10-13,16H2,1-7H3. The Bertz CT molecular complexity index is 1290. The summed E-state index contributed by atoms with van der Waals surface area (Å²) in [5.74, 6) is 1.30. The maximum absolute atomic E-state index is 12.5. The van der Waals surface area contributed by atoms with Crippen molar-refractivity contribution in [2.75, 3.05) is 40.8 Å². The van der Waals surface area contributed by atoms with Crippen LogP contribution >= 0.6 is 0 Å². The maximum atomic E-state index is 12.5. The molecule has 35 heavy (non-hydrogen) atoms. The lowest BCUT2D eigenvalue weighted by atomic mass is 9.87. The summed E-state index contributed by atoms with van der Waals surface area (Å²) in [7, 11) is 7.19. The number of nitrogens with one attached hydrogen (secondary N) is 1. The molecule has 3 heterocycles. The smallest absolute Gasteiger partial charge is 0.292 e. The van der Waals surface area contributed by atoms with E-state index in [1.54, 1.807) is 11.6 Å². The molecule has 2 aromatic heterocycles. The van der Waals surface area contributed by atoms with Crippen molar-refractivity contribution in [3.05, 3.63) is 51.4 Å². The number of rotatable bonds is 6. The minimum Gasteiger partial charge on any atom is -0.491 e. The van der Waals surface area contributed by atoms with E-state index in [2.05, 4.69) is 37.0 Å². The van der Waals surface area contributed by atoms with Gasteiger partial charge in [0.2, 0.25) is 5.91 Å². The molecule has 0 atom stereocenters. The van der Waals surface area contributed by atoms with Crippen LogP contribution in [0, 0.1) is 6.92 Å². The van der Waals surface area contributed by atoms with Gasteiger partial charge in [-0.3, -0.25) is 9.59 Å². The molecule has 7 nitrogen and oxygen atoms in total. The molecule has 1 amide bonds. The van der Waals surface area contributed by atoms with Gasteiger partial charge in [-0.25, -0.2) is 0 Å². The quantitative estimate of drug-likeness (QED) is 0.575. The number of likely N-dealkylation sites (tertiary alicyclic amines) is 1. The van der Waals surface area contributed by atoms with E-state index in [4.69, 9.17) is 4.74 Å². The lowest BCUT2D eigenvalue weighted by Gasteiger charge is -2.33. The summed E-state index contributed by atoms with van der Waals surface area (Å²) >= 11 is 0. The van der Waals surface area contributed by atoms with E-state index in [-0.39, 0.29) is 11.5 Å². The second-order valence-electron chi connectivity index (χ2n) is 10.3. The number of carbonyl (C=O) groups is 1. The van der Waals surface area contributed by atoms with Gasteiger partial charge in [0.05, 0.1) is 19.3 Å². The van der Waals surface area contributed by atoms with Crippen LogP contribution in [0.5, 0.6) is 5.75 Å². The number of fused-ring (bicyclic) bond motifs is 1. The number of amides is 1. The molecule has 1 aliphatic heterocycles. The number of likely N-dealkylation sites (N-methyl/N-ethyl adjacent to an activating group) is 1. The van der Waals surface area contributed by atoms with Crippen molar-refractivity contribution < 1.29 is 9.53 Å². The Hall–Kier alpha value is -3.06. The first kappa shape index (κ1) is 25.0. The zero-order valence-electron chi connectivity index (χ0n) is 22.1. The summed E-state index contributed by atoms with van der Waals surface area (Å²) < 4.78 is 7.04. The van der Waals surface area contributed by atoms with E-state index in [0.29, 0.717) is 24.1 Å². The summed E-state index contributed by atoms with van der Waals surface area (Å²) in [4.78, 5) is 32.6. The van der Waals surface area contributed by atoms with Gasteiger partial charge in [-0.15, -0.1) is 0 Å². The number of ether oxygens (including phenoxy) is 1. The van der Waals surface area contributed by atoms with Crippen LogP contribution in [0.25, 0.3) is 22.2 Å². The molecule has 0 radical (unpaired) electrons. The highest BCUT2D eigenvalue weighted by Crippen LogP contribution is 2.39. The van der Waals surface area contributed by atoms with Crippen molar-refractivity contribution in [3.8, 4) is 17.0 Å². The number of H-pyrrole nitrogens is 1. The molecule has 4 rings (SSSR count). The third-order valence-electron chi connectivity index (χ3n) is 7.38. The molecule has 188 valence electrons. The Kier molecular flexibility index (Phi) is 7.08. The highest BCUT2D eigenvalue weighted by atomic mass is 16.5. The molecule has 0 spiro atoms. The number of methoxy groups -OCH3 is 1. The van der Waals surface area contributed by atoms with E-state index < -0.39 is 0 Å². The van der Waals surface area contributed by atoms with Gasteiger partial charge in [0.1, 0.15) is 0 Å². The Balaban J connectivity index is 1.70. The van der Waals surface area contributed by atoms with E-state index in [1.807, 2.05) is 36.9 Å². The normalized spacial score (nSPS) is 14.9. The Morgan fingerprint density at radius 2 is 1.89 bits per heavy atom. The van der Waals surface area contributed by atoms with Crippen molar-refractivity contribution >= 4 is 16.8 Å². The number of benzene rings is 1. The van der Waals surface area contributed by atoms with E-state index in [0.717, 1.165) is 48.4 Å². The average Bonchev–Trinajstić information content (AvgIpc) is 3.21. The molecular weight excluding hydrogens is 440 g/mol. The van der Waals surface area contributed by atoms with Crippen LogP contribution in [-0.4, -0.2) is 66.1 Å². The largest absolute Gasteiger partial charge is 0.491 e. The number of nitrogens with zero attached hydrogens (tertiary/aromatic N) is 3. The van der Waals surface area contributed by atoms with E-state index >= 15 is 0 Å². The van der Waals surface area contributed by atoms with Gasteiger partial charge in [0, 0.05) is 42.3 Å². The molecule has 1 fully saturated rings. The third-order valence-corrected chi connectivity index (χ3v) is 7.38. The van der Waals surface area contributed by atoms with Gasteiger partial charge in [-0.1, -0.05) is 19.9 Å². The van der Waals surface area contributed by atoms with Crippen molar-refractivity contribution in [1.82, 2.24) is 19.4 Å². The number of aromatic nitrogens is 2. The van der Waals surface area contributed by atoms with Crippen molar-refractivity contribution in [2.24, 2.45) is 7.05 Å². The van der Waals surface area contributed by atoms with Crippen molar-refractivity contribution in [3.63, 3.8) is 0 Å². The monoisotopic (exact) mass is 478 g/mol. The molecule has 0 aliphatic carbocycles. The molecule has 1 aromatic carbocycles. The van der Waals surface area contributed by atoms with E-state index in [9.17, 15) is 9.59 Å². The fraction of sp³-hybridized carbons (Fsp3) is 0.500. The minimum absolute atomic E-state index is 0.131. The first-order valence-corrected chi connectivity index (χ1v) is 12.4. The van der Waals surface area contributed by atoms with Gasteiger partial charge in [0.15, 0.2) is 5.75 Å². The highest BCUT2D eigenvalue weighted by Gasteiger charge is 2.26. The first-order valence-electron chi connectivity index (χ1n) is 12.4. The lowest BCUT2D eigenvalue weighted by Crippen LogP contribution is -2.42. The molecule has 0 unspecified atom stereocenters. The zero-order chi connectivity index (χ0) is 25.4. The third kappa shape index (κ3) is 4.74. The molecule has 3 aromatic rings. The van der Waals surface area contributed by atoms with Gasteiger partial charge in [-0.2, -0.15) is 0 Å². The average molecular weight is 479 g/mol. The number of pyridine rings is 1. The predicted octanol–water partition coefficient (Wildman–Crippen LogP) is 4.24. The van der Waals surface area contributed by atoms with Crippen LogP contribution in [0.2, 0.25) is 0 Å². The fourth-order valence-electron chi connectivity index (χ4n) is 5.32. The van der Waals surface area contributed by atoms with E-state index in [1.165, 1.54) is 23.6 Å². The zero-order valence-corrected chi connectivity index (χ0v) is 22.1. The van der Waals surface area contributed by atoms with Gasteiger partial charge >= 0.3 is 0 Å². The first-order chi connectivity index (χ1) is 16.6. The second kappa shape index (κ2) is 9.90. The van der Waals surface area contributed by atoms with Gasteiger partial charge in [-0.05, 0) is 75.0 Å². The Morgan fingerprint density at radius 1 is 1.20 bits per heavy atom. The maximum Gasteiger partial charge on any atom is 0.292 e. The number of piperidine rings is 1. The minimum atomic E-state index is -0.131. The molecule has 1 N–H and O–H groups in total. The molecular formula is C28H38N4O3. The van der Waals surface area contributed by atoms with Crippen LogP contribution < -0.4 is 10.3 Å². The molecule has 1 aliphatic rings. The van der Waals surface area contributed by atoms with Crippen LogP contribution in [0.3, 0.4) is 0 Å². The van der Waals surface area contributed by atoms with Gasteiger partial charge in [0.25, 0.3) is 5.56 Å². The summed E-state index contributed by atoms with van der Waals surface area (Å²) in [5, 5.41) is 1.23.